The summed E-state index contributed by atoms with van der Waals surface area (Å²) >= 11 is 17.7. The molecule has 1 unspecified atom stereocenters. The van der Waals surface area contributed by atoms with E-state index in [0.29, 0.717) is 0 Å². The third kappa shape index (κ3) is 5.16. The zero-order chi connectivity index (χ0) is 25.5. The zero-order valence-electron chi connectivity index (χ0n) is 17.4. The number of rotatable bonds is 5. The summed E-state index contributed by atoms with van der Waals surface area (Å²) < 4.78 is 83.7. The normalized spacial score (nSPS) is 18.9. The van der Waals surface area contributed by atoms with Gasteiger partial charge in [-0.25, -0.2) is 9.97 Å². The van der Waals surface area contributed by atoms with Crippen LogP contribution in [0.4, 0.5) is 32.3 Å². The number of halogens is 9. The number of anilines is 1. The number of aromatic nitrogens is 2. The molecule has 1 atom stereocenters. The van der Waals surface area contributed by atoms with Gasteiger partial charge in [-0.2, -0.15) is 26.3 Å². The van der Waals surface area contributed by atoms with Crippen LogP contribution in [0.15, 0.2) is 18.3 Å². The Labute approximate surface area is 205 Å². The summed E-state index contributed by atoms with van der Waals surface area (Å²) in [4.78, 5) is 19.8. The van der Waals surface area contributed by atoms with Crippen molar-refractivity contribution >= 4 is 46.7 Å². The van der Waals surface area contributed by atoms with Gasteiger partial charge in [0.25, 0.3) is 0 Å². The lowest BCUT2D eigenvalue weighted by atomic mass is 9.79. The van der Waals surface area contributed by atoms with E-state index in [4.69, 9.17) is 34.8 Å². The lowest BCUT2D eigenvalue weighted by Gasteiger charge is -2.32. The summed E-state index contributed by atoms with van der Waals surface area (Å²) in [5.74, 6) is -0.998. The van der Waals surface area contributed by atoms with Gasteiger partial charge in [-0.15, -0.1) is 0 Å². The number of hydrogen-bond acceptors (Lipinski definition) is 4. The number of nitrogens with zero attached hydrogens (tertiary/aromatic N) is 3. The van der Waals surface area contributed by atoms with Crippen LogP contribution in [0.2, 0.25) is 15.1 Å². The van der Waals surface area contributed by atoms with Crippen LogP contribution in [-0.4, -0.2) is 35.1 Å². The summed E-state index contributed by atoms with van der Waals surface area (Å²) in [5, 5.41) is 1.83. The van der Waals surface area contributed by atoms with Gasteiger partial charge in [-0.1, -0.05) is 41.7 Å². The summed E-state index contributed by atoms with van der Waals surface area (Å²) in [6, 6.07) is 2.10. The highest BCUT2D eigenvalue weighted by Gasteiger charge is 2.59. The van der Waals surface area contributed by atoms with Gasteiger partial charge < -0.3 is 10.2 Å². The number of nitrogens with one attached hydrogen (secondary N) is 1. The van der Waals surface area contributed by atoms with Crippen molar-refractivity contribution in [3.63, 3.8) is 0 Å². The Kier molecular flexibility index (Phi) is 7.50. The predicted molar refractivity (Wildman–Crippen MR) is 115 cm³/mol. The largest absolute Gasteiger partial charge is 0.433 e. The summed E-state index contributed by atoms with van der Waals surface area (Å²) in [5.41, 5.74) is -4.50. The average Bonchev–Trinajstić information content (AvgIpc) is 3.21. The molecule has 1 aliphatic heterocycles. The lowest BCUT2D eigenvalue weighted by Crippen LogP contribution is -2.45. The minimum atomic E-state index is -4.91. The van der Waals surface area contributed by atoms with E-state index in [2.05, 4.69) is 15.3 Å². The van der Waals surface area contributed by atoms with Crippen LogP contribution in [0, 0.1) is 0 Å². The third-order valence-corrected chi connectivity index (χ3v) is 6.75. The van der Waals surface area contributed by atoms with Crippen LogP contribution >= 0.6 is 34.8 Å². The topological polar surface area (TPSA) is 58.1 Å². The molecule has 2 aromatic rings. The van der Waals surface area contributed by atoms with E-state index < -0.39 is 60.4 Å². The fourth-order valence-corrected chi connectivity index (χ4v) is 4.28. The molecule has 0 spiro atoms. The molecule has 2 heterocycles. The maximum Gasteiger partial charge on any atom is 0.433 e. The molecule has 14 heteroatoms. The standard InChI is InChI=1S/C20H17Cl3F6N4O/c1-2-14(34)30-7-10-8-31-17(32-16(10)19(24,25)26)33-4-3-18(9-33,20(27,28)29)11-5-12(21)15(23)13(22)6-11/h5-6,8H,2-4,7,9H2,1H3,(H,30,34). The van der Waals surface area contributed by atoms with Gasteiger partial charge in [0.1, 0.15) is 5.41 Å². The first-order valence-corrected chi connectivity index (χ1v) is 11.0. The van der Waals surface area contributed by atoms with Gasteiger partial charge in [0.2, 0.25) is 11.9 Å². The third-order valence-electron chi connectivity index (χ3n) is 5.55. The Hall–Kier alpha value is -1.98. The summed E-state index contributed by atoms with van der Waals surface area (Å²) in [6.07, 6.45) is -9.29. The minimum Gasteiger partial charge on any atom is -0.352 e. The molecule has 1 aromatic carbocycles. The Balaban J connectivity index is 1.99. The Morgan fingerprint density at radius 3 is 2.29 bits per heavy atom. The quantitative estimate of drug-likeness (QED) is 0.357. The van der Waals surface area contributed by atoms with Crippen molar-refractivity contribution < 1.29 is 31.1 Å². The first kappa shape index (κ1) is 26.6. The Morgan fingerprint density at radius 1 is 1.15 bits per heavy atom. The molecule has 186 valence electrons. The van der Waals surface area contributed by atoms with E-state index in [1.807, 2.05) is 0 Å². The highest BCUT2D eigenvalue weighted by Crippen LogP contribution is 2.50. The van der Waals surface area contributed by atoms with Crippen LogP contribution in [0.5, 0.6) is 0 Å². The highest BCUT2D eigenvalue weighted by molar-refractivity contribution is 6.48. The fourth-order valence-electron chi connectivity index (χ4n) is 3.69. The van der Waals surface area contributed by atoms with Crippen molar-refractivity contribution in [1.29, 1.82) is 0 Å². The molecule has 0 bridgehead atoms. The maximum atomic E-state index is 14.3. The molecule has 34 heavy (non-hydrogen) atoms. The maximum absolute atomic E-state index is 14.3. The second kappa shape index (κ2) is 9.58. The van der Waals surface area contributed by atoms with Gasteiger partial charge in [0.15, 0.2) is 5.69 Å². The van der Waals surface area contributed by atoms with E-state index in [9.17, 15) is 31.1 Å². The highest BCUT2D eigenvalue weighted by atomic mass is 35.5. The van der Waals surface area contributed by atoms with Crippen LogP contribution in [0.3, 0.4) is 0 Å². The number of carbonyl (C=O) groups excluding carboxylic acids is 1. The van der Waals surface area contributed by atoms with Crippen molar-refractivity contribution in [2.75, 3.05) is 18.0 Å². The summed E-state index contributed by atoms with van der Waals surface area (Å²) in [7, 11) is 0. The molecule has 0 aliphatic carbocycles. The number of carbonyl (C=O) groups is 1. The first-order valence-electron chi connectivity index (χ1n) is 9.86. The van der Waals surface area contributed by atoms with Gasteiger partial charge in [-0.3, -0.25) is 4.79 Å². The molecule has 1 fully saturated rings. The van der Waals surface area contributed by atoms with Crippen LogP contribution in [0.1, 0.15) is 36.6 Å². The Bertz CT molecular complexity index is 1070. The molecule has 5 nitrogen and oxygen atoms in total. The van der Waals surface area contributed by atoms with Gasteiger partial charge in [0, 0.05) is 37.8 Å². The van der Waals surface area contributed by atoms with E-state index in [1.165, 1.54) is 6.92 Å². The summed E-state index contributed by atoms with van der Waals surface area (Å²) in [6.45, 7) is 0.0194. The van der Waals surface area contributed by atoms with Gasteiger partial charge in [-0.05, 0) is 24.1 Å². The molecule has 0 saturated carbocycles. The molecule has 1 saturated heterocycles. The number of hydrogen-bond donors (Lipinski definition) is 1. The minimum absolute atomic E-state index is 0.0618. The molecule has 1 amide bonds. The molecule has 0 radical (unpaired) electrons. The number of amides is 1. The fraction of sp³-hybridized carbons (Fsp3) is 0.450. The van der Waals surface area contributed by atoms with Crippen molar-refractivity contribution in [1.82, 2.24) is 15.3 Å². The van der Waals surface area contributed by atoms with E-state index in [1.54, 1.807) is 0 Å². The molecular weight excluding hydrogens is 533 g/mol. The van der Waals surface area contributed by atoms with Gasteiger partial charge >= 0.3 is 12.4 Å². The SMILES string of the molecule is CCC(=O)NCc1cnc(N2CCC(c3cc(Cl)c(Cl)c(Cl)c3)(C(F)(F)F)C2)nc1C(F)(F)F. The molecule has 1 N–H and O–H groups in total. The lowest BCUT2D eigenvalue weighted by molar-refractivity contribution is -0.184. The molecule has 1 aromatic heterocycles. The van der Waals surface area contributed by atoms with Crippen molar-refractivity contribution in [3.05, 3.63) is 50.2 Å². The van der Waals surface area contributed by atoms with Crippen molar-refractivity contribution in [3.8, 4) is 0 Å². The predicted octanol–water partition coefficient (Wildman–Crippen LogP) is 6.19. The van der Waals surface area contributed by atoms with E-state index >= 15 is 0 Å². The smallest absolute Gasteiger partial charge is 0.352 e. The average molecular weight is 550 g/mol. The van der Waals surface area contributed by atoms with Gasteiger partial charge in [0.05, 0.1) is 15.1 Å². The number of alkyl halides is 6. The number of benzene rings is 1. The molecular formula is C20H17Cl3F6N4O. The monoisotopic (exact) mass is 548 g/mol. The first-order chi connectivity index (χ1) is 15.7. The van der Waals surface area contributed by atoms with Crippen LogP contribution in [0.25, 0.3) is 0 Å². The Morgan fingerprint density at radius 2 is 1.76 bits per heavy atom. The van der Waals surface area contributed by atoms with Crippen LogP contribution in [-0.2, 0) is 22.9 Å². The van der Waals surface area contributed by atoms with E-state index in [0.717, 1.165) is 23.2 Å². The second-order valence-corrected chi connectivity index (χ2v) is 8.87. The molecule has 3 rings (SSSR count). The van der Waals surface area contributed by atoms with Crippen molar-refractivity contribution in [2.24, 2.45) is 0 Å². The van der Waals surface area contributed by atoms with Crippen molar-refractivity contribution in [2.45, 2.75) is 44.1 Å². The van der Waals surface area contributed by atoms with E-state index in [-0.39, 0.29) is 33.6 Å². The molecule has 1 aliphatic rings. The zero-order valence-corrected chi connectivity index (χ0v) is 19.7. The second-order valence-electron chi connectivity index (χ2n) is 7.68. The van der Waals surface area contributed by atoms with Crippen LogP contribution < -0.4 is 10.2 Å².